The minimum atomic E-state index is 0.136. The maximum absolute atomic E-state index is 9.65. The maximum atomic E-state index is 9.65. The monoisotopic (exact) mass is 311 g/mol. The summed E-state index contributed by atoms with van der Waals surface area (Å²) < 4.78 is 5.35. The molecule has 106 valence electrons. The molecule has 20 heavy (non-hydrogen) atoms. The number of anilines is 1. The number of rotatable bonds is 5. The minimum absolute atomic E-state index is 0.136. The van der Waals surface area contributed by atoms with Crippen molar-refractivity contribution in [1.82, 2.24) is 0 Å². The van der Waals surface area contributed by atoms with Crippen molar-refractivity contribution in [3.8, 4) is 11.5 Å². The summed E-state index contributed by atoms with van der Waals surface area (Å²) in [6.45, 7) is 2.93. The molecule has 0 aliphatic carbocycles. The SMILES string of the molecule is CCOc1cc(CNc2cc(Cl)ccc2Cl)ccc1O. The molecule has 0 fully saturated rings. The van der Waals surface area contributed by atoms with Gasteiger partial charge in [-0.05, 0) is 42.8 Å². The van der Waals surface area contributed by atoms with Gasteiger partial charge in [0.25, 0.3) is 0 Å². The van der Waals surface area contributed by atoms with Crippen molar-refractivity contribution in [2.24, 2.45) is 0 Å². The number of aromatic hydroxyl groups is 1. The largest absolute Gasteiger partial charge is 0.504 e. The van der Waals surface area contributed by atoms with Gasteiger partial charge in [-0.2, -0.15) is 0 Å². The molecule has 0 spiro atoms. The molecule has 0 radical (unpaired) electrons. The van der Waals surface area contributed by atoms with E-state index in [0.717, 1.165) is 11.3 Å². The smallest absolute Gasteiger partial charge is 0.161 e. The van der Waals surface area contributed by atoms with Crippen LogP contribution in [0.15, 0.2) is 36.4 Å². The normalized spacial score (nSPS) is 10.3. The number of benzene rings is 2. The van der Waals surface area contributed by atoms with Crippen molar-refractivity contribution in [3.05, 3.63) is 52.0 Å². The Morgan fingerprint density at radius 2 is 1.95 bits per heavy atom. The molecule has 0 aliphatic heterocycles. The van der Waals surface area contributed by atoms with E-state index in [1.165, 1.54) is 0 Å². The zero-order valence-electron chi connectivity index (χ0n) is 11.0. The number of ether oxygens (including phenoxy) is 1. The summed E-state index contributed by atoms with van der Waals surface area (Å²) in [6.07, 6.45) is 0. The quantitative estimate of drug-likeness (QED) is 0.840. The van der Waals surface area contributed by atoms with E-state index in [0.29, 0.717) is 28.9 Å². The molecule has 0 aliphatic rings. The highest BCUT2D eigenvalue weighted by molar-refractivity contribution is 6.35. The van der Waals surface area contributed by atoms with Crippen molar-refractivity contribution in [2.45, 2.75) is 13.5 Å². The number of hydrogen-bond donors (Lipinski definition) is 2. The van der Waals surface area contributed by atoms with Crippen LogP contribution in [0.2, 0.25) is 10.0 Å². The number of phenolic OH excluding ortho intramolecular Hbond substituents is 1. The van der Waals surface area contributed by atoms with E-state index in [1.54, 1.807) is 30.3 Å². The molecule has 0 unspecified atom stereocenters. The Bertz CT molecular complexity index is 602. The first-order valence-electron chi connectivity index (χ1n) is 6.23. The van der Waals surface area contributed by atoms with Crippen LogP contribution >= 0.6 is 23.2 Å². The fraction of sp³-hybridized carbons (Fsp3) is 0.200. The van der Waals surface area contributed by atoms with E-state index >= 15 is 0 Å². The van der Waals surface area contributed by atoms with Crippen LogP contribution in [0.25, 0.3) is 0 Å². The van der Waals surface area contributed by atoms with Gasteiger partial charge < -0.3 is 15.2 Å². The first kappa shape index (κ1) is 14.8. The molecule has 0 atom stereocenters. The molecule has 0 saturated carbocycles. The lowest BCUT2D eigenvalue weighted by atomic mass is 10.2. The summed E-state index contributed by atoms with van der Waals surface area (Å²) in [5.74, 6) is 0.611. The second-order valence-corrected chi connectivity index (χ2v) is 5.06. The van der Waals surface area contributed by atoms with Crippen molar-refractivity contribution in [1.29, 1.82) is 0 Å². The zero-order chi connectivity index (χ0) is 14.5. The molecule has 0 aromatic heterocycles. The summed E-state index contributed by atoms with van der Waals surface area (Å²) >= 11 is 12.0. The number of hydrogen-bond acceptors (Lipinski definition) is 3. The van der Waals surface area contributed by atoms with E-state index in [1.807, 2.05) is 13.0 Å². The lowest BCUT2D eigenvalue weighted by Crippen LogP contribution is -2.01. The highest BCUT2D eigenvalue weighted by Gasteiger charge is 2.05. The zero-order valence-corrected chi connectivity index (χ0v) is 12.5. The lowest BCUT2D eigenvalue weighted by Gasteiger charge is -2.11. The Morgan fingerprint density at radius 3 is 2.70 bits per heavy atom. The Hall–Kier alpha value is -1.58. The van der Waals surface area contributed by atoms with Crippen molar-refractivity contribution >= 4 is 28.9 Å². The van der Waals surface area contributed by atoms with Crippen LogP contribution in [0.3, 0.4) is 0 Å². The number of phenols is 1. The van der Waals surface area contributed by atoms with Crippen LogP contribution in [-0.4, -0.2) is 11.7 Å². The van der Waals surface area contributed by atoms with Gasteiger partial charge in [0.05, 0.1) is 17.3 Å². The lowest BCUT2D eigenvalue weighted by molar-refractivity contribution is 0.318. The van der Waals surface area contributed by atoms with Gasteiger partial charge in [-0.1, -0.05) is 29.3 Å². The molecule has 3 nitrogen and oxygen atoms in total. The molecule has 5 heteroatoms. The Morgan fingerprint density at radius 1 is 1.15 bits per heavy atom. The highest BCUT2D eigenvalue weighted by Crippen LogP contribution is 2.29. The van der Waals surface area contributed by atoms with Crippen LogP contribution in [0.1, 0.15) is 12.5 Å². The van der Waals surface area contributed by atoms with E-state index in [9.17, 15) is 5.11 Å². The Labute approximate surface area is 128 Å². The van der Waals surface area contributed by atoms with Gasteiger partial charge in [0, 0.05) is 11.6 Å². The standard InChI is InChI=1S/C15H15Cl2NO2/c1-2-20-15-7-10(3-6-14(15)19)9-18-13-8-11(16)4-5-12(13)17/h3-8,18-19H,2,9H2,1H3. The second kappa shape index (κ2) is 6.73. The summed E-state index contributed by atoms with van der Waals surface area (Å²) in [5, 5.41) is 14.1. The van der Waals surface area contributed by atoms with Gasteiger partial charge in [-0.3, -0.25) is 0 Å². The number of nitrogens with one attached hydrogen (secondary N) is 1. The van der Waals surface area contributed by atoms with Crippen LogP contribution in [-0.2, 0) is 6.54 Å². The molecule has 0 saturated heterocycles. The number of halogens is 2. The first-order chi connectivity index (χ1) is 9.60. The average Bonchev–Trinajstić information content (AvgIpc) is 2.43. The molecular weight excluding hydrogens is 297 g/mol. The van der Waals surface area contributed by atoms with Crippen molar-refractivity contribution in [3.63, 3.8) is 0 Å². The molecule has 2 N–H and O–H groups in total. The van der Waals surface area contributed by atoms with Crippen LogP contribution in [0, 0.1) is 0 Å². The first-order valence-corrected chi connectivity index (χ1v) is 6.99. The third-order valence-corrected chi connectivity index (χ3v) is 3.30. The van der Waals surface area contributed by atoms with Gasteiger partial charge >= 0.3 is 0 Å². The second-order valence-electron chi connectivity index (χ2n) is 4.21. The van der Waals surface area contributed by atoms with Gasteiger partial charge in [0.15, 0.2) is 11.5 Å². The maximum Gasteiger partial charge on any atom is 0.161 e. The predicted octanol–water partition coefficient (Wildman–Crippen LogP) is 4.71. The summed E-state index contributed by atoms with van der Waals surface area (Å²) in [5.41, 5.74) is 1.74. The van der Waals surface area contributed by atoms with Gasteiger partial charge in [0.1, 0.15) is 0 Å². The van der Waals surface area contributed by atoms with Crippen LogP contribution in [0.4, 0.5) is 5.69 Å². The third kappa shape index (κ3) is 3.71. The molecular formula is C15H15Cl2NO2. The van der Waals surface area contributed by atoms with E-state index in [4.69, 9.17) is 27.9 Å². The molecule has 2 rings (SSSR count). The molecule has 0 bridgehead atoms. The average molecular weight is 312 g/mol. The Kier molecular flexibility index (Phi) is 4.99. The summed E-state index contributed by atoms with van der Waals surface area (Å²) in [7, 11) is 0. The summed E-state index contributed by atoms with van der Waals surface area (Å²) in [4.78, 5) is 0. The fourth-order valence-electron chi connectivity index (χ4n) is 1.77. The van der Waals surface area contributed by atoms with Crippen molar-refractivity contribution in [2.75, 3.05) is 11.9 Å². The van der Waals surface area contributed by atoms with Crippen LogP contribution in [0.5, 0.6) is 11.5 Å². The fourth-order valence-corrected chi connectivity index (χ4v) is 2.13. The van der Waals surface area contributed by atoms with E-state index in [-0.39, 0.29) is 5.75 Å². The van der Waals surface area contributed by atoms with Crippen molar-refractivity contribution < 1.29 is 9.84 Å². The predicted molar refractivity (Wildman–Crippen MR) is 83.1 cm³/mol. The molecule has 2 aromatic rings. The van der Waals surface area contributed by atoms with Crippen LogP contribution < -0.4 is 10.1 Å². The molecule has 2 aromatic carbocycles. The Balaban J connectivity index is 2.10. The molecule has 0 amide bonds. The molecule has 0 heterocycles. The highest BCUT2D eigenvalue weighted by atomic mass is 35.5. The van der Waals surface area contributed by atoms with Gasteiger partial charge in [-0.25, -0.2) is 0 Å². The van der Waals surface area contributed by atoms with Gasteiger partial charge in [-0.15, -0.1) is 0 Å². The van der Waals surface area contributed by atoms with E-state index < -0.39 is 0 Å². The third-order valence-electron chi connectivity index (χ3n) is 2.74. The topological polar surface area (TPSA) is 41.5 Å². The van der Waals surface area contributed by atoms with E-state index in [2.05, 4.69) is 5.32 Å². The minimum Gasteiger partial charge on any atom is -0.504 e. The van der Waals surface area contributed by atoms with Gasteiger partial charge in [0.2, 0.25) is 0 Å². The summed E-state index contributed by atoms with van der Waals surface area (Å²) in [6, 6.07) is 10.5.